The third-order valence-corrected chi connectivity index (χ3v) is 5.37. The lowest BCUT2D eigenvalue weighted by Crippen LogP contribution is -2.37. The molecule has 1 aromatic carbocycles. The van der Waals surface area contributed by atoms with E-state index >= 15 is 0 Å². The molecule has 1 heterocycles. The molecular formula is C14H20N3O5P. The molecule has 1 aromatic rings. The lowest BCUT2D eigenvalue weighted by atomic mass is 10.0. The van der Waals surface area contributed by atoms with Gasteiger partial charge in [-0.15, -0.1) is 0 Å². The van der Waals surface area contributed by atoms with Crippen molar-refractivity contribution in [3.8, 4) is 0 Å². The van der Waals surface area contributed by atoms with Crippen LogP contribution in [0.2, 0.25) is 0 Å². The van der Waals surface area contributed by atoms with Crippen molar-refractivity contribution >= 4 is 19.5 Å². The minimum Gasteiger partial charge on any atom is -0.389 e. The number of rotatable bonds is 6. The van der Waals surface area contributed by atoms with Crippen LogP contribution in [0.5, 0.6) is 0 Å². The minimum atomic E-state index is -4.32. The van der Waals surface area contributed by atoms with Gasteiger partial charge in [-0.2, -0.15) is 0 Å². The molecular weight excluding hydrogens is 321 g/mol. The van der Waals surface area contributed by atoms with Crippen molar-refractivity contribution in [3.63, 3.8) is 0 Å². The quantitative estimate of drug-likeness (QED) is 0.462. The third kappa shape index (κ3) is 4.54. The number of carbonyl (C=O) groups is 1. The molecule has 1 saturated heterocycles. The zero-order chi connectivity index (χ0) is 17.1. The second-order valence-corrected chi connectivity index (χ2v) is 8.25. The topological polar surface area (TPSA) is 120 Å². The molecule has 1 aliphatic rings. The molecule has 0 saturated carbocycles. The molecule has 0 aliphatic carbocycles. The van der Waals surface area contributed by atoms with E-state index < -0.39 is 24.8 Å². The Balaban J connectivity index is 2.03. The molecule has 1 atom stereocenters. The first-order valence-corrected chi connectivity index (χ1v) is 8.67. The lowest BCUT2D eigenvalue weighted by molar-refractivity contribution is 0.128. The largest absolute Gasteiger partial charge is 0.389 e. The van der Waals surface area contributed by atoms with Crippen molar-refractivity contribution in [1.29, 1.82) is 0 Å². The third-order valence-electron chi connectivity index (χ3n) is 3.61. The molecule has 1 unspecified atom stereocenters. The van der Waals surface area contributed by atoms with Crippen molar-refractivity contribution in [2.75, 3.05) is 0 Å². The van der Waals surface area contributed by atoms with Crippen molar-refractivity contribution < 1.29 is 24.0 Å². The van der Waals surface area contributed by atoms with Gasteiger partial charge in [-0.1, -0.05) is 35.5 Å². The summed E-state index contributed by atoms with van der Waals surface area (Å²) in [6.45, 7) is 3.12. The molecule has 0 bridgehead atoms. The Kier molecular flexibility index (Phi) is 5.09. The second kappa shape index (κ2) is 6.70. The Bertz CT molecular complexity index is 641. The smallest absolute Gasteiger partial charge is 0.331 e. The molecule has 2 amide bonds. The van der Waals surface area contributed by atoms with Gasteiger partial charge in [0, 0.05) is 0 Å². The Morgan fingerprint density at radius 2 is 1.96 bits per heavy atom. The zero-order valence-corrected chi connectivity index (χ0v) is 13.8. The van der Waals surface area contributed by atoms with Gasteiger partial charge in [0.2, 0.25) is 0 Å². The van der Waals surface area contributed by atoms with Crippen LogP contribution in [0.3, 0.4) is 0 Å². The van der Waals surface area contributed by atoms with Gasteiger partial charge in [0.15, 0.2) is 5.84 Å². The predicted octanol–water partition coefficient (Wildman–Crippen LogP) is 1.54. The molecule has 0 spiro atoms. The lowest BCUT2D eigenvalue weighted by Gasteiger charge is -2.27. The molecule has 4 N–H and O–H groups in total. The highest BCUT2D eigenvalue weighted by molar-refractivity contribution is 7.53. The highest BCUT2D eigenvalue weighted by atomic mass is 31.2. The first-order valence-electron chi connectivity index (χ1n) is 7.06. The summed E-state index contributed by atoms with van der Waals surface area (Å²) in [6, 6.07) is 8.27. The Morgan fingerprint density at radius 3 is 2.57 bits per heavy atom. The number of urea groups is 1. The van der Waals surface area contributed by atoms with Crippen LogP contribution in [-0.4, -0.2) is 32.9 Å². The van der Waals surface area contributed by atoms with Gasteiger partial charge in [-0.25, -0.2) is 4.79 Å². The average Bonchev–Trinajstić information content (AvgIpc) is 2.78. The summed E-state index contributed by atoms with van der Waals surface area (Å²) < 4.78 is 11.5. The molecule has 9 heteroatoms. The van der Waals surface area contributed by atoms with E-state index in [-0.39, 0.29) is 18.9 Å². The van der Waals surface area contributed by atoms with Crippen LogP contribution in [0, 0.1) is 0 Å². The Morgan fingerprint density at radius 1 is 1.30 bits per heavy atom. The molecule has 0 radical (unpaired) electrons. The number of amides is 2. The summed E-state index contributed by atoms with van der Waals surface area (Å²) in [5, 5.41) is 7.65. The van der Waals surface area contributed by atoms with Crippen molar-refractivity contribution in [3.05, 3.63) is 35.9 Å². The van der Waals surface area contributed by atoms with Crippen LogP contribution in [-0.2, 0) is 16.0 Å². The van der Waals surface area contributed by atoms with Gasteiger partial charge in [0.25, 0.3) is 0 Å². The Hall–Kier alpha value is -1.89. The first-order chi connectivity index (χ1) is 10.7. The van der Waals surface area contributed by atoms with Crippen LogP contribution in [0.15, 0.2) is 35.5 Å². The van der Waals surface area contributed by atoms with E-state index in [9.17, 15) is 19.1 Å². The Labute approximate surface area is 134 Å². The fourth-order valence-corrected chi connectivity index (χ4v) is 2.49. The molecule has 1 fully saturated rings. The van der Waals surface area contributed by atoms with E-state index in [4.69, 9.17) is 4.84 Å². The number of hydrogen-bond acceptors (Lipinski definition) is 4. The van der Waals surface area contributed by atoms with Gasteiger partial charge in [-0.05, 0) is 25.8 Å². The van der Waals surface area contributed by atoms with E-state index in [0.717, 1.165) is 5.56 Å². The van der Waals surface area contributed by atoms with Gasteiger partial charge < -0.3 is 19.9 Å². The first kappa shape index (κ1) is 17.5. The SMILES string of the molecule is CC(C)(CC1NC(=O)N/C1=N/OCc1ccccc1)P(=O)(O)O. The molecule has 23 heavy (non-hydrogen) atoms. The van der Waals surface area contributed by atoms with E-state index in [1.54, 1.807) is 0 Å². The van der Waals surface area contributed by atoms with Crippen LogP contribution >= 0.6 is 7.60 Å². The summed E-state index contributed by atoms with van der Waals surface area (Å²) in [6.07, 6.45) is 0.0313. The standard InChI is InChI=1S/C14H20N3O5P/c1-14(2,23(19,20)21)8-11-12(16-13(18)15-11)17-22-9-10-6-4-3-5-7-10/h3-7,11H,8-9H2,1-2H3,(H2,19,20,21)(H2,15,16,17,18). The minimum absolute atomic E-state index is 0.0313. The molecule has 126 valence electrons. The molecule has 8 nitrogen and oxygen atoms in total. The van der Waals surface area contributed by atoms with Crippen LogP contribution in [0.25, 0.3) is 0 Å². The second-order valence-electron chi connectivity index (χ2n) is 5.95. The van der Waals surface area contributed by atoms with E-state index in [2.05, 4.69) is 15.8 Å². The maximum Gasteiger partial charge on any atom is 0.331 e. The van der Waals surface area contributed by atoms with Crippen LogP contribution < -0.4 is 10.6 Å². The van der Waals surface area contributed by atoms with Crippen molar-refractivity contribution in [2.45, 2.75) is 38.1 Å². The zero-order valence-electron chi connectivity index (χ0n) is 12.9. The fraction of sp³-hybridized carbons (Fsp3) is 0.429. The maximum absolute atomic E-state index is 11.5. The number of amidine groups is 1. The summed E-state index contributed by atoms with van der Waals surface area (Å²) in [7, 11) is -4.32. The van der Waals surface area contributed by atoms with Crippen LogP contribution in [0.1, 0.15) is 25.8 Å². The summed E-state index contributed by atoms with van der Waals surface area (Å²) in [5.41, 5.74) is 0.918. The highest BCUT2D eigenvalue weighted by Gasteiger charge is 2.43. The van der Waals surface area contributed by atoms with E-state index in [1.165, 1.54) is 13.8 Å². The number of carbonyl (C=O) groups excluding carboxylic acids is 1. The van der Waals surface area contributed by atoms with Crippen molar-refractivity contribution in [1.82, 2.24) is 10.6 Å². The monoisotopic (exact) mass is 341 g/mol. The maximum atomic E-state index is 11.5. The number of oxime groups is 1. The molecule has 0 aromatic heterocycles. The van der Waals surface area contributed by atoms with Crippen LogP contribution in [0.4, 0.5) is 4.79 Å². The number of nitrogens with one attached hydrogen (secondary N) is 2. The van der Waals surface area contributed by atoms with Crippen molar-refractivity contribution in [2.24, 2.45) is 5.16 Å². The summed E-state index contributed by atoms with van der Waals surface area (Å²) in [5.74, 6) is 0.215. The summed E-state index contributed by atoms with van der Waals surface area (Å²) in [4.78, 5) is 35.5. The number of benzene rings is 1. The normalized spacial score (nSPS) is 20.3. The van der Waals surface area contributed by atoms with E-state index in [1.807, 2.05) is 30.3 Å². The molecule has 1 aliphatic heterocycles. The molecule has 2 rings (SSSR count). The highest BCUT2D eigenvalue weighted by Crippen LogP contribution is 2.52. The number of hydrogen-bond donors (Lipinski definition) is 4. The summed E-state index contributed by atoms with van der Waals surface area (Å²) >= 11 is 0. The van der Waals surface area contributed by atoms with Gasteiger partial charge in [0.1, 0.15) is 6.61 Å². The van der Waals surface area contributed by atoms with Gasteiger partial charge in [-0.3, -0.25) is 9.88 Å². The number of nitrogens with zero attached hydrogens (tertiary/aromatic N) is 1. The average molecular weight is 341 g/mol. The fourth-order valence-electron chi connectivity index (χ4n) is 2.07. The van der Waals surface area contributed by atoms with E-state index in [0.29, 0.717) is 0 Å². The predicted molar refractivity (Wildman–Crippen MR) is 84.9 cm³/mol. The van der Waals surface area contributed by atoms with Gasteiger partial charge in [0.05, 0.1) is 11.2 Å². The van der Waals surface area contributed by atoms with Gasteiger partial charge >= 0.3 is 13.6 Å².